The van der Waals surface area contributed by atoms with E-state index in [1.807, 2.05) is 24.3 Å². The average molecular weight is 241 g/mol. The van der Waals surface area contributed by atoms with Crippen molar-refractivity contribution in [2.45, 2.75) is 38.5 Å². The zero-order valence-electron chi connectivity index (χ0n) is 10.9. The molecule has 18 heavy (non-hydrogen) atoms. The summed E-state index contributed by atoms with van der Waals surface area (Å²) in [6.07, 6.45) is 8.80. The summed E-state index contributed by atoms with van der Waals surface area (Å²) in [6, 6.07) is 11.2. The molecular weight excluding hydrogens is 220 g/mol. The smallest absolute Gasteiger partial charge is 0.127 e. The molecule has 4 aliphatic rings. The van der Waals surface area contributed by atoms with Gasteiger partial charge >= 0.3 is 0 Å². The van der Waals surface area contributed by atoms with Crippen molar-refractivity contribution in [3.05, 3.63) is 30.3 Å². The third kappa shape index (κ3) is 1.84. The molecule has 1 nitrogen and oxygen atoms in total. The number of para-hydroxylation sites is 1. The normalized spacial score (nSPS) is 41.0. The number of ether oxygens (including phenoxy) is 1. The second kappa shape index (κ2) is 4.01. The van der Waals surface area contributed by atoms with Crippen LogP contribution in [0, 0.1) is 29.2 Å². The molecule has 0 heterocycles. The maximum absolute atomic E-state index is 6.04. The number of hydrogen-bond donors (Lipinski definition) is 0. The molecule has 4 aliphatic carbocycles. The highest BCUT2D eigenvalue weighted by Crippen LogP contribution is 2.59. The number of hydrogen-bond acceptors (Lipinski definition) is 1. The average Bonchev–Trinajstić information content (AvgIpc) is 2.36. The van der Waals surface area contributed by atoms with Gasteiger partial charge in [-0.3, -0.25) is 0 Å². The first-order chi connectivity index (χ1) is 8.81. The van der Waals surface area contributed by atoms with Gasteiger partial charge in [-0.15, -0.1) is 0 Å². The van der Waals surface area contributed by atoms with E-state index in [1.165, 1.54) is 38.5 Å². The maximum atomic E-state index is 6.04. The highest BCUT2D eigenvalue weighted by Gasteiger charge is 2.51. The van der Waals surface area contributed by atoms with Gasteiger partial charge in [0.2, 0.25) is 0 Å². The molecule has 1 radical (unpaired) electrons. The Labute approximate surface area is 110 Å². The molecule has 0 aromatic heterocycles. The van der Waals surface area contributed by atoms with Gasteiger partial charge in [-0.1, -0.05) is 18.2 Å². The van der Waals surface area contributed by atoms with E-state index in [1.54, 1.807) is 0 Å². The first-order valence-corrected chi connectivity index (χ1v) is 7.41. The molecule has 1 aromatic carbocycles. The van der Waals surface area contributed by atoms with E-state index < -0.39 is 0 Å². The van der Waals surface area contributed by atoms with Crippen LogP contribution in [-0.2, 0) is 0 Å². The second-order valence-electron chi connectivity index (χ2n) is 6.93. The van der Waals surface area contributed by atoms with Crippen LogP contribution < -0.4 is 4.74 Å². The van der Waals surface area contributed by atoms with Crippen molar-refractivity contribution in [1.82, 2.24) is 0 Å². The predicted octanol–water partition coefficient (Wildman–Crippen LogP) is 4.08. The van der Waals surface area contributed by atoms with Crippen molar-refractivity contribution in [3.63, 3.8) is 0 Å². The zero-order chi connectivity index (χ0) is 12.0. The summed E-state index contributed by atoms with van der Waals surface area (Å²) in [4.78, 5) is 0. The monoisotopic (exact) mass is 241 g/mol. The van der Waals surface area contributed by atoms with Crippen molar-refractivity contribution in [1.29, 1.82) is 0 Å². The fourth-order valence-corrected chi connectivity index (χ4v) is 5.16. The summed E-state index contributed by atoms with van der Waals surface area (Å²) in [5, 5.41) is 0. The Morgan fingerprint density at radius 1 is 1.06 bits per heavy atom. The van der Waals surface area contributed by atoms with E-state index in [2.05, 4.69) is 6.07 Å². The van der Waals surface area contributed by atoms with Crippen LogP contribution >= 0.6 is 0 Å². The van der Waals surface area contributed by atoms with E-state index in [-0.39, 0.29) is 0 Å². The zero-order valence-corrected chi connectivity index (χ0v) is 10.9. The summed E-state index contributed by atoms with van der Waals surface area (Å²) in [6.45, 7) is 0.928. The molecule has 0 amide bonds. The van der Waals surface area contributed by atoms with Crippen molar-refractivity contribution < 1.29 is 4.74 Å². The second-order valence-corrected chi connectivity index (χ2v) is 6.93. The van der Waals surface area contributed by atoms with Crippen LogP contribution in [0.2, 0.25) is 0 Å². The summed E-state index contributed by atoms with van der Waals surface area (Å²) >= 11 is 0. The molecule has 0 unspecified atom stereocenters. The molecule has 4 saturated carbocycles. The molecule has 0 aliphatic heterocycles. The Balaban J connectivity index is 1.48. The molecule has 0 saturated heterocycles. The van der Waals surface area contributed by atoms with Crippen LogP contribution in [0.25, 0.3) is 0 Å². The minimum atomic E-state index is 0.512. The van der Waals surface area contributed by atoms with Crippen LogP contribution in [0.1, 0.15) is 38.5 Å². The van der Waals surface area contributed by atoms with Crippen LogP contribution in [0.5, 0.6) is 5.75 Å². The molecule has 0 spiro atoms. The Morgan fingerprint density at radius 3 is 2.28 bits per heavy atom. The Hall–Kier alpha value is -0.980. The number of benzene rings is 1. The molecule has 1 heteroatoms. The van der Waals surface area contributed by atoms with Crippen molar-refractivity contribution in [2.75, 3.05) is 6.61 Å². The highest BCUT2D eigenvalue weighted by molar-refractivity contribution is 5.19. The molecule has 4 bridgehead atoms. The van der Waals surface area contributed by atoms with E-state index in [0.29, 0.717) is 5.41 Å². The molecule has 5 rings (SSSR count). The minimum absolute atomic E-state index is 0.512. The summed E-state index contributed by atoms with van der Waals surface area (Å²) in [5.41, 5.74) is 0.512. The van der Waals surface area contributed by atoms with Gasteiger partial charge in [0.25, 0.3) is 0 Å². The molecule has 0 atom stereocenters. The fraction of sp³-hybridized carbons (Fsp3) is 0.647. The summed E-state index contributed by atoms with van der Waals surface area (Å²) in [5.74, 6) is 3.96. The van der Waals surface area contributed by atoms with Gasteiger partial charge in [0.05, 0.1) is 6.61 Å². The molecule has 95 valence electrons. The summed E-state index contributed by atoms with van der Waals surface area (Å²) in [7, 11) is 0. The Morgan fingerprint density at radius 2 is 1.72 bits per heavy atom. The molecular formula is C17H21O. The third-order valence-electron chi connectivity index (χ3n) is 5.38. The largest absolute Gasteiger partial charge is 0.492 e. The Bertz CT molecular complexity index is 387. The van der Waals surface area contributed by atoms with E-state index in [0.717, 1.165) is 30.1 Å². The van der Waals surface area contributed by atoms with Crippen molar-refractivity contribution in [3.8, 4) is 5.75 Å². The first-order valence-electron chi connectivity index (χ1n) is 7.41. The van der Waals surface area contributed by atoms with Crippen LogP contribution in [0.15, 0.2) is 24.3 Å². The third-order valence-corrected chi connectivity index (χ3v) is 5.38. The number of rotatable bonds is 3. The van der Waals surface area contributed by atoms with Gasteiger partial charge in [0, 0.05) is 11.5 Å². The SMILES string of the molecule is [c]1ccccc1OCC12CC3CC(CC(C3)C1)C2. The Kier molecular flexibility index (Phi) is 2.43. The fourth-order valence-electron chi connectivity index (χ4n) is 5.16. The standard InChI is InChI=1S/C17H21O/c1-2-4-16(5-3-1)18-12-17-9-13-6-14(10-17)8-15(7-13)11-17/h1-4,13-15H,6-12H2. The molecule has 1 aromatic rings. The lowest BCUT2D eigenvalue weighted by Crippen LogP contribution is -2.48. The lowest BCUT2D eigenvalue weighted by atomic mass is 9.50. The lowest BCUT2D eigenvalue weighted by Gasteiger charge is -2.56. The van der Waals surface area contributed by atoms with E-state index in [4.69, 9.17) is 4.74 Å². The molecule has 0 N–H and O–H groups in total. The van der Waals surface area contributed by atoms with Gasteiger partial charge in [0.15, 0.2) is 0 Å². The quantitative estimate of drug-likeness (QED) is 0.774. The van der Waals surface area contributed by atoms with Crippen molar-refractivity contribution in [2.24, 2.45) is 23.2 Å². The minimum Gasteiger partial charge on any atom is -0.492 e. The molecule has 4 fully saturated rings. The summed E-state index contributed by atoms with van der Waals surface area (Å²) < 4.78 is 6.04. The topological polar surface area (TPSA) is 9.23 Å². The van der Waals surface area contributed by atoms with E-state index in [9.17, 15) is 0 Å². The van der Waals surface area contributed by atoms with Gasteiger partial charge in [-0.25, -0.2) is 0 Å². The van der Waals surface area contributed by atoms with Crippen LogP contribution in [0.3, 0.4) is 0 Å². The predicted molar refractivity (Wildman–Crippen MR) is 71.4 cm³/mol. The van der Waals surface area contributed by atoms with Gasteiger partial charge in [-0.05, 0) is 62.3 Å². The van der Waals surface area contributed by atoms with Gasteiger partial charge < -0.3 is 4.74 Å². The van der Waals surface area contributed by atoms with Gasteiger partial charge in [-0.2, -0.15) is 0 Å². The maximum Gasteiger partial charge on any atom is 0.127 e. The van der Waals surface area contributed by atoms with E-state index >= 15 is 0 Å². The van der Waals surface area contributed by atoms with Crippen molar-refractivity contribution >= 4 is 0 Å². The van der Waals surface area contributed by atoms with Crippen LogP contribution in [-0.4, -0.2) is 6.61 Å². The highest BCUT2D eigenvalue weighted by atomic mass is 16.5. The lowest BCUT2D eigenvalue weighted by molar-refractivity contribution is -0.0745. The first kappa shape index (κ1) is 10.9. The van der Waals surface area contributed by atoms with Crippen LogP contribution in [0.4, 0.5) is 0 Å². The van der Waals surface area contributed by atoms with Gasteiger partial charge in [0.1, 0.15) is 5.75 Å².